The van der Waals surface area contributed by atoms with Gasteiger partial charge >= 0.3 is 12.1 Å². The van der Waals surface area contributed by atoms with Crippen molar-refractivity contribution in [2.45, 2.75) is 90.1 Å². The number of amides is 1. The lowest BCUT2D eigenvalue weighted by atomic mass is 9.98. The van der Waals surface area contributed by atoms with Crippen molar-refractivity contribution in [1.82, 2.24) is 4.90 Å². The van der Waals surface area contributed by atoms with Crippen molar-refractivity contribution in [2.24, 2.45) is 0 Å². The number of rotatable bonds is 4. The van der Waals surface area contributed by atoms with Gasteiger partial charge in [-0.15, -0.1) is 0 Å². The van der Waals surface area contributed by atoms with Crippen LogP contribution in [0.2, 0.25) is 0 Å². The van der Waals surface area contributed by atoms with Gasteiger partial charge in [0, 0.05) is 13.2 Å². The predicted octanol–water partition coefficient (Wildman–Crippen LogP) is 3.28. The van der Waals surface area contributed by atoms with Crippen molar-refractivity contribution in [1.29, 1.82) is 0 Å². The summed E-state index contributed by atoms with van der Waals surface area (Å²) in [5.74, 6) is -0.246. The molecule has 1 amide bonds. The Bertz CT molecular complexity index is 439. The summed E-state index contributed by atoms with van der Waals surface area (Å²) in [6.45, 7) is 8.80. The lowest BCUT2D eigenvalue weighted by molar-refractivity contribution is -0.154. The summed E-state index contributed by atoms with van der Waals surface area (Å²) in [6, 6.07) is -0.123. The van der Waals surface area contributed by atoms with Gasteiger partial charge in [0.15, 0.2) is 0 Å². The zero-order valence-corrected chi connectivity index (χ0v) is 15.4. The molecular weight excluding hydrogens is 310 g/mol. The summed E-state index contributed by atoms with van der Waals surface area (Å²) in [7, 11) is 0. The van der Waals surface area contributed by atoms with Crippen LogP contribution in [0.25, 0.3) is 0 Å². The highest BCUT2D eigenvalue weighted by Crippen LogP contribution is 2.25. The Kier molecular flexibility index (Phi) is 6.49. The largest absolute Gasteiger partial charge is 0.460 e. The summed E-state index contributed by atoms with van der Waals surface area (Å²) < 4.78 is 16.6. The molecule has 3 atom stereocenters. The van der Waals surface area contributed by atoms with Crippen molar-refractivity contribution in [3.05, 3.63) is 0 Å². The summed E-state index contributed by atoms with van der Waals surface area (Å²) in [6.07, 6.45) is 4.33. The quantitative estimate of drug-likeness (QED) is 0.734. The lowest BCUT2D eigenvalue weighted by Crippen LogP contribution is -2.51. The van der Waals surface area contributed by atoms with Crippen molar-refractivity contribution in [2.75, 3.05) is 13.2 Å². The van der Waals surface area contributed by atoms with Crippen LogP contribution < -0.4 is 0 Å². The van der Waals surface area contributed by atoms with Gasteiger partial charge in [0.25, 0.3) is 0 Å². The highest BCUT2D eigenvalue weighted by atomic mass is 16.6. The van der Waals surface area contributed by atoms with Crippen LogP contribution in [0.3, 0.4) is 0 Å². The Balaban J connectivity index is 1.90. The van der Waals surface area contributed by atoms with Gasteiger partial charge in [-0.25, -0.2) is 4.79 Å². The van der Waals surface area contributed by atoms with E-state index in [1.807, 2.05) is 27.7 Å². The molecule has 138 valence electrons. The first-order valence-corrected chi connectivity index (χ1v) is 9.07. The average molecular weight is 341 g/mol. The van der Waals surface area contributed by atoms with E-state index in [0.717, 1.165) is 38.7 Å². The van der Waals surface area contributed by atoms with Crippen molar-refractivity contribution >= 4 is 12.1 Å². The third-order valence-corrected chi connectivity index (χ3v) is 4.45. The molecule has 0 unspecified atom stereocenters. The van der Waals surface area contributed by atoms with Gasteiger partial charge in [-0.1, -0.05) is 0 Å². The molecule has 0 saturated carbocycles. The van der Waals surface area contributed by atoms with Crippen molar-refractivity contribution in [3.8, 4) is 0 Å². The van der Waals surface area contributed by atoms with Crippen LogP contribution >= 0.6 is 0 Å². The molecule has 24 heavy (non-hydrogen) atoms. The number of carbonyl (C=O) groups is 2. The summed E-state index contributed by atoms with van der Waals surface area (Å²) in [5, 5.41) is 0. The Morgan fingerprint density at radius 2 is 1.96 bits per heavy atom. The molecule has 2 rings (SSSR count). The van der Waals surface area contributed by atoms with Crippen molar-refractivity contribution < 1.29 is 23.8 Å². The van der Waals surface area contributed by atoms with E-state index in [-0.39, 0.29) is 30.3 Å². The molecule has 0 radical (unpaired) electrons. The highest BCUT2D eigenvalue weighted by molar-refractivity contribution is 5.71. The minimum Gasteiger partial charge on any atom is -0.460 e. The zero-order chi connectivity index (χ0) is 17.7. The van der Waals surface area contributed by atoms with Gasteiger partial charge in [-0.3, -0.25) is 4.79 Å². The molecule has 2 heterocycles. The maximum atomic E-state index is 12.4. The average Bonchev–Trinajstić information content (AvgIpc) is 2.98. The van der Waals surface area contributed by atoms with Crippen LogP contribution in [0.4, 0.5) is 4.79 Å². The molecule has 0 aromatic heterocycles. The fraction of sp³-hybridized carbons (Fsp3) is 0.889. The minimum absolute atomic E-state index is 0.0157. The van der Waals surface area contributed by atoms with Gasteiger partial charge in [-0.05, 0) is 59.8 Å². The number of esters is 1. The fourth-order valence-electron chi connectivity index (χ4n) is 3.32. The molecule has 0 aromatic rings. The maximum Gasteiger partial charge on any atom is 0.410 e. The Labute approximate surface area is 144 Å². The molecule has 2 aliphatic heterocycles. The smallest absolute Gasteiger partial charge is 0.410 e. The number of hydrogen-bond donors (Lipinski definition) is 0. The molecule has 0 N–H and O–H groups in total. The third-order valence-electron chi connectivity index (χ3n) is 4.45. The monoisotopic (exact) mass is 341 g/mol. The number of piperidine rings is 1. The first-order chi connectivity index (χ1) is 11.3. The van der Waals surface area contributed by atoms with Crippen LogP contribution in [-0.2, 0) is 19.0 Å². The molecule has 6 heteroatoms. The number of ether oxygens (including phenoxy) is 3. The SMILES string of the molecule is C[C@H](OC(=O)C[C@H]1CCCO1)[C@H]1CCCCN1C(=O)OC(C)(C)C. The molecule has 2 saturated heterocycles. The van der Waals surface area contributed by atoms with E-state index in [1.165, 1.54) is 0 Å². The zero-order valence-electron chi connectivity index (χ0n) is 15.4. The van der Waals surface area contributed by atoms with Gasteiger partial charge in [0.1, 0.15) is 11.7 Å². The van der Waals surface area contributed by atoms with Gasteiger partial charge < -0.3 is 19.1 Å². The van der Waals surface area contributed by atoms with Gasteiger partial charge in [0.2, 0.25) is 0 Å². The molecule has 0 aliphatic carbocycles. The van der Waals surface area contributed by atoms with Gasteiger partial charge in [0.05, 0.1) is 18.6 Å². The van der Waals surface area contributed by atoms with Gasteiger partial charge in [-0.2, -0.15) is 0 Å². The number of hydrogen-bond acceptors (Lipinski definition) is 5. The molecule has 0 aromatic carbocycles. The van der Waals surface area contributed by atoms with E-state index < -0.39 is 5.60 Å². The topological polar surface area (TPSA) is 65.1 Å². The summed E-state index contributed by atoms with van der Waals surface area (Å²) >= 11 is 0. The molecular formula is C18H31NO5. The lowest BCUT2D eigenvalue weighted by Gasteiger charge is -2.39. The predicted molar refractivity (Wildman–Crippen MR) is 89.7 cm³/mol. The minimum atomic E-state index is -0.529. The summed E-state index contributed by atoms with van der Waals surface area (Å²) in [5.41, 5.74) is -0.529. The molecule has 6 nitrogen and oxygen atoms in total. The van der Waals surface area contributed by atoms with Crippen molar-refractivity contribution in [3.63, 3.8) is 0 Å². The second kappa shape index (κ2) is 8.19. The second-order valence-corrected chi connectivity index (χ2v) is 7.77. The van der Waals surface area contributed by atoms with E-state index in [4.69, 9.17) is 14.2 Å². The molecule has 0 spiro atoms. The van der Waals surface area contributed by atoms with E-state index >= 15 is 0 Å². The Hall–Kier alpha value is -1.30. The first kappa shape index (κ1) is 19.0. The first-order valence-electron chi connectivity index (χ1n) is 9.07. The van der Waals surface area contributed by atoms with Crippen LogP contribution in [0, 0.1) is 0 Å². The van der Waals surface area contributed by atoms with E-state index in [1.54, 1.807) is 4.90 Å². The number of nitrogens with zero attached hydrogens (tertiary/aromatic N) is 1. The van der Waals surface area contributed by atoms with Crippen LogP contribution in [0.15, 0.2) is 0 Å². The highest BCUT2D eigenvalue weighted by Gasteiger charge is 2.35. The molecule has 0 bridgehead atoms. The molecule has 2 fully saturated rings. The van der Waals surface area contributed by atoms with E-state index in [9.17, 15) is 9.59 Å². The molecule has 2 aliphatic rings. The fourth-order valence-corrected chi connectivity index (χ4v) is 3.32. The number of carbonyl (C=O) groups excluding carboxylic acids is 2. The van der Waals surface area contributed by atoms with Crippen LogP contribution in [0.5, 0.6) is 0 Å². The van der Waals surface area contributed by atoms with E-state index in [2.05, 4.69) is 0 Å². The second-order valence-electron chi connectivity index (χ2n) is 7.77. The normalized spacial score (nSPS) is 26.1. The van der Waals surface area contributed by atoms with Crippen LogP contribution in [-0.4, -0.2) is 54.0 Å². The van der Waals surface area contributed by atoms with Crippen LogP contribution in [0.1, 0.15) is 66.2 Å². The summed E-state index contributed by atoms with van der Waals surface area (Å²) in [4.78, 5) is 26.3. The third kappa shape index (κ3) is 5.65. The maximum absolute atomic E-state index is 12.4. The Morgan fingerprint density at radius 3 is 2.58 bits per heavy atom. The number of likely N-dealkylation sites (tertiary alicyclic amines) is 1. The Morgan fingerprint density at radius 1 is 1.21 bits per heavy atom. The van der Waals surface area contributed by atoms with E-state index in [0.29, 0.717) is 13.0 Å². The standard InChI is InChI=1S/C18H31NO5/c1-13(23-16(20)12-14-8-7-11-22-14)15-9-5-6-10-19(15)17(21)24-18(2,3)4/h13-15H,5-12H2,1-4H3/t13-,14+,15+/m0/s1.